The van der Waals surface area contributed by atoms with Crippen molar-refractivity contribution in [2.24, 2.45) is 0 Å². The van der Waals surface area contributed by atoms with Gasteiger partial charge in [-0.3, -0.25) is 0 Å². The Kier molecular flexibility index (Phi) is 6.99. The van der Waals surface area contributed by atoms with E-state index in [-0.39, 0.29) is 24.9 Å². The molecule has 2 aromatic rings. The van der Waals surface area contributed by atoms with E-state index in [1.165, 1.54) is 13.2 Å². The number of nitrogens with zero attached hydrogens (tertiary/aromatic N) is 3. The Morgan fingerprint density at radius 1 is 1.14 bits per heavy atom. The molecule has 2 saturated heterocycles. The summed E-state index contributed by atoms with van der Waals surface area (Å²) in [6.07, 6.45) is -0.505. The lowest BCUT2D eigenvalue weighted by Gasteiger charge is -2.32. The molecular weight excluding hydrogens is 511 g/mol. The highest BCUT2D eigenvalue weighted by molar-refractivity contribution is 7.92. The summed E-state index contributed by atoms with van der Waals surface area (Å²) < 4.78 is 80.5. The molecule has 1 unspecified atom stereocenters. The zero-order valence-electron chi connectivity index (χ0n) is 20.5. The SMILES string of the molecule is COC(=O)C1C[C@@H](S(=O)(=O)c2ccccc2C(F)(F)F)CN1c1cc(C2CCOCC2)nn1C1CCC1. The molecule has 1 saturated carbocycles. The number of sulfone groups is 1. The number of carbonyl (C=O) groups is 1. The molecular formula is C25H30F3N3O5S. The summed E-state index contributed by atoms with van der Waals surface area (Å²) in [5.74, 6) is 0.172. The zero-order chi connectivity index (χ0) is 26.4. The summed E-state index contributed by atoms with van der Waals surface area (Å²) in [7, 11) is -3.20. The van der Waals surface area contributed by atoms with E-state index in [4.69, 9.17) is 14.6 Å². The Labute approximate surface area is 213 Å². The zero-order valence-corrected chi connectivity index (χ0v) is 21.3. The highest BCUT2D eigenvalue weighted by Crippen LogP contribution is 2.42. The lowest BCUT2D eigenvalue weighted by atomic mass is 9.93. The molecule has 0 amide bonds. The van der Waals surface area contributed by atoms with Gasteiger partial charge in [-0.2, -0.15) is 18.3 Å². The van der Waals surface area contributed by atoms with Crippen molar-refractivity contribution in [2.75, 3.05) is 31.8 Å². The van der Waals surface area contributed by atoms with E-state index >= 15 is 0 Å². The van der Waals surface area contributed by atoms with Crippen molar-refractivity contribution in [3.8, 4) is 0 Å². The van der Waals surface area contributed by atoms with E-state index in [1.807, 2.05) is 10.7 Å². The van der Waals surface area contributed by atoms with Crippen molar-refractivity contribution in [3.63, 3.8) is 0 Å². The van der Waals surface area contributed by atoms with Crippen LogP contribution in [0.5, 0.6) is 0 Å². The Hall–Kier alpha value is -2.60. The maximum atomic E-state index is 13.7. The number of hydrogen-bond donors (Lipinski definition) is 0. The van der Waals surface area contributed by atoms with Gasteiger partial charge in [-0.05, 0) is 50.7 Å². The highest BCUT2D eigenvalue weighted by atomic mass is 32.2. The molecule has 1 aliphatic carbocycles. The molecule has 3 aliphatic rings. The first kappa shape index (κ1) is 26.0. The van der Waals surface area contributed by atoms with Crippen molar-refractivity contribution in [1.29, 1.82) is 0 Å². The van der Waals surface area contributed by atoms with Gasteiger partial charge >= 0.3 is 12.1 Å². The van der Waals surface area contributed by atoms with E-state index < -0.39 is 43.7 Å². The molecule has 1 aromatic carbocycles. The molecule has 0 radical (unpaired) electrons. The Bertz CT molecular complexity index is 1250. The number of carbonyl (C=O) groups excluding carboxylic acids is 1. The maximum absolute atomic E-state index is 13.7. The summed E-state index contributed by atoms with van der Waals surface area (Å²) in [6.45, 7) is 1.12. The number of rotatable bonds is 6. The van der Waals surface area contributed by atoms with Gasteiger partial charge in [-0.15, -0.1) is 0 Å². The molecule has 0 N–H and O–H groups in total. The van der Waals surface area contributed by atoms with Gasteiger partial charge in [-0.25, -0.2) is 17.9 Å². The highest BCUT2D eigenvalue weighted by Gasteiger charge is 2.48. The Balaban J connectivity index is 1.53. The number of alkyl halides is 3. The fraction of sp³-hybridized carbons (Fsp3) is 0.600. The van der Waals surface area contributed by atoms with Crippen LogP contribution in [0.1, 0.15) is 61.7 Å². The van der Waals surface area contributed by atoms with Gasteiger partial charge in [0.05, 0.1) is 34.6 Å². The fourth-order valence-corrected chi connectivity index (χ4v) is 7.38. The number of anilines is 1. The van der Waals surface area contributed by atoms with Crippen LogP contribution in [0.4, 0.5) is 19.0 Å². The quantitative estimate of drug-likeness (QED) is 0.509. The molecule has 37 heavy (non-hydrogen) atoms. The van der Waals surface area contributed by atoms with Crippen LogP contribution in [-0.4, -0.2) is 62.3 Å². The molecule has 202 valence electrons. The van der Waals surface area contributed by atoms with Gasteiger partial charge in [0.15, 0.2) is 9.84 Å². The lowest BCUT2D eigenvalue weighted by Crippen LogP contribution is -2.39. The van der Waals surface area contributed by atoms with Crippen LogP contribution in [0.15, 0.2) is 35.2 Å². The van der Waals surface area contributed by atoms with E-state index in [1.54, 1.807) is 4.90 Å². The summed E-state index contributed by atoms with van der Waals surface area (Å²) in [5.41, 5.74) is -0.341. The largest absolute Gasteiger partial charge is 0.467 e. The van der Waals surface area contributed by atoms with Crippen LogP contribution in [-0.2, 0) is 30.3 Å². The third-order valence-corrected chi connectivity index (χ3v) is 9.95. The van der Waals surface area contributed by atoms with Crippen LogP contribution < -0.4 is 4.90 Å². The van der Waals surface area contributed by atoms with E-state index in [0.717, 1.165) is 56.0 Å². The summed E-state index contributed by atoms with van der Waals surface area (Å²) in [5, 5.41) is 3.66. The van der Waals surface area contributed by atoms with E-state index in [9.17, 15) is 26.4 Å². The molecule has 2 aliphatic heterocycles. The first-order valence-electron chi connectivity index (χ1n) is 12.5. The first-order chi connectivity index (χ1) is 17.6. The summed E-state index contributed by atoms with van der Waals surface area (Å²) >= 11 is 0. The predicted octanol–water partition coefficient (Wildman–Crippen LogP) is 4.12. The predicted molar refractivity (Wildman–Crippen MR) is 128 cm³/mol. The minimum Gasteiger partial charge on any atom is -0.467 e. The molecule has 1 aromatic heterocycles. The van der Waals surface area contributed by atoms with Crippen LogP contribution >= 0.6 is 0 Å². The Morgan fingerprint density at radius 3 is 2.46 bits per heavy atom. The number of esters is 1. The number of halogens is 3. The second-order valence-electron chi connectivity index (χ2n) is 9.93. The molecule has 12 heteroatoms. The fourth-order valence-electron chi connectivity index (χ4n) is 5.47. The normalized spacial score (nSPS) is 23.7. The number of aromatic nitrogens is 2. The lowest BCUT2D eigenvalue weighted by molar-refractivity contribution is -0.142. The van der Waals surface area contributed by atoms with Crippen molar-refractivity contribution in [3.05, 3.63) is 41.6 Å². The monoisotopic (exact) mass is 541 g/mol. The smallest absolute Gasteiger partial charge is 0.417 e. The standard InChI is InChI=1S/C25H30F3N3O5S/c1-35-24(32)21-13-18(37(33,34)22-8-3-2-7-19(22)25(26,27)28)15-30(21)23-14-20(16-9-11-36-12-10-16)29-31(23)17-5-4-6-17/h2-3,7-8,14,16-18,21H,4-6,9-13,15H2,1H3/t18-,21?/m1/s1. The third kappa shape index (κ3) is 4.85. The third-order valence-electron chi connectivity index (χ3n) is 7.76. The molecule has 3 heterocycles. The molecule has 2 atom stereocenters. The first-order valence-corrected chi connectivity index (χ1v) is 14.1. The summed E-state index contributed by atoms with van der Waals surface area (Å²) in [4.78, 5) is 13.7. The topological polar surface area (TPSA) is 90.7 Å². The second kappa shape index (κ2) is 9.94. The van der Waals surface area contributed by atoms with Crippen LogP contribution in [0.3, 0.4) is 0 Å². The van der Waals surface area contributed by atoms with Crippen molar-refractivity contribution in [1.82, 2.24) is 9.78 Å². The molecule has 0 spiro atoms. The average molecular weight is 542 g/mol. The van der Waals surface area contributed by atoms with Gasteiger partial charge in [0, 0.05) is 31.7 Å². The van der Waals surface area contributed by atoms with Gasteiger partial charge in [0.25, 0.3) is 0 Å². The maximum Gasteiger partial charge on any atom is 0.417 e. The van der Waals surface area contributed by atoms with Gasteiger partial charge < -0.3 is 14.4 Å². The van der Waals surface area contributed by atoms with E-state index in [0.29, 0.717) is 19.0 Å². The second-order valence-corrected chi connectivity index (χ2v) is 12.1. The van der Waals surface area contributed by atoms with Crippen molar-refractivity contribution < 1.29 is 35.9 Å². The summed E-state index contributed by atoms with van der Waals surface area (Å²) in [6, 6.07) is 5.26. The minimum absolute atomic E-state index is 0.128. The van der Waals surface area contributed by atoms with Crippen molar-refractivity contribution >= 4 is 21.6 Å². The number of benzene rings is 1. The Morgan fingerprint density at radius 2 is 1.84 bits per heavy atom. The molecule has 8 nitrogen and oxygen atoms in total. The average Bonchev–Trinajstić information content (AvgIpc) is 3.48. The van der Waals surface area contributed by atoms with Gasteiger partial charge in [0.1, 0.15) is 11.9 Å². The van der Waals surface area contributed by atoms with Crippen LogP contribution in [0.2, 0.25) is 0 Å². The number of methoxy groups -OCH3 is 1. The van der Waals surface area contributed by atoms with Gasteiger partial charge in [-0.1, -0.05) is 12.1 Å². The van der Waals surface area contributed by atoms with Crippen LogP contribution in [0.25, 0.3) is 0 Å². The molecule has 3 fully saturated rings. The molecule has 5 rings (SSSR count). The van der Waals surface area contributed by atoms with E-state index in [2.05, 4.69) is 0 Å². The number of hydrogen-bond acceptors (Lipinski definition) is 7. The minimum atomic E-state index is -4.83. The van der Waals surface area contributed by atoms with Crippen molar-refractivity contribution in [2.45, 2.75) is 72.8 Å². The molecule has 0 bridgehead atoms. The number of ether oxygens (including phenoxy) is 2. The van der Waals surface area contributed by atoms with Crippen LogP contribution in [0, 0.1) is 0 Å². The van der Waals surface area contributed by atoms with Gasteiger partial charge in [0.2, 0.25) is 0 Å².